The van der Waals surface area contributed by atoms with Gasteiger partial charge in [-0.2, -0.15) is 4.52 Å². The summed E-state index contributed by atoms with van der Waals surface area (Å²) in [4.78, 5) is 19.3. The van der Waals surface area contributed by atoms with Crippen molar-refractivity contribution in [2.45, 2.75) is 26.2 Å². The zero-order valence-corrected chi connectivity index (χ0v) is 15.9. The van der Waals surface area contributed by atoms with Gasteiger partial charge in [-0.05, 0) is 19.4 Å². The molecule has 3 heterocycles. The van der Waals surface area contributed by atoms with Crippen LogP contribution in [0.3, 0.4) is 0 Å². The highest BCUT2D eigenvalue weighted by atomic mass is 32.2. The molecular formula is C15H23N5O3S2. The smallest absolute Gasteiger partial charge is 0.275 e. The van der Waals surface area contributed by atoms with Gasteiger partial charge in [0.25, 0.3) is 5.56 Å². The van der Waals surface area contributed by atoms with Crippen LogP contribution in [-0.2, 0) is 16.3 Å². The van der Waals surface area contributed by atoms with Gasteiger partial charge < -0.3 is 10.2 Å². The number of aromatic nitrogens is 3. The standard InChI is InChI=1S/C15H23N5O3S2/c1-2-4-12-11-13(21)20-15(17-12)24-14(18-20)16-5-3-6-19-7-9-25(22,23)10-8-19/h11H,2-10H2,1H3,(H,16,18). The number of nitrogens with zero attached hydrogens (tertiary/aromatic N) is 4. The summed E-state index contributed by atoms with van der Waals surface area (Å²) in [6.45, 7) is 4.86. The fourth-order valence-electron chi connectivity index (χ4n) is 2.78. The minimum Gasteiger partial charge on any atom is -0.360 e. The molecule has 138 valence electrons. The first-order valence-corrected chi connectivity index (χ1v) is 11.2. The predicted octanol–water partition coefficient (Wildman–Crippen LogP) is 0.636. The van der Waals surface area contributed by atoms with Crippen LogP contribution in [0.1, 0.15) is 25.5 Å². The molecule has 1 fully saturated rings. The molecule has 1 N–H and O–H groups in total. The number of rotatable bonds is 7. The SMILES string of the molecule is CCCc1cc(=O)n2nc(NCCCN3CCS(=O)(=O)CC3)sc2n1. The Bertz CT molecular complexity index is 876. The van der Waals surface area contributed by atoms with Crippen molar-refractivity contribution in [3.8, 4) is 0 Å². The number of aryl methyl sites for hydroxylation is 1. The lowest BCUT2D eigenvalue weighted by Gasteiger charge is -2.26. The maximum atomic E-state index is 12.1. The second-order valence-electron chi connectivity index (χ2n) is 6.21. The number of fused-ring (bicyclic) bond motifs is 1. The Balaban J connectivity index is 1.52. The first-order valence-electron chi connectivity index (χ1n) is 8.53. The summed E-state index contributed by atoms with van der Waals surface area (Å²) in [6, 6.07) is 1.55. The third-order valence-electron chi connectivity index (χ3n) is 4.17. The van der Waals surface area contributed by atoms with Gasteiger partial charge in [0.2, 0.25) is 10.1 Å². The predicted molar refractivity (Wildman–Crippen MR) is 99.3 cm³/mol. The van der Waals surface area contributed by atoms with Gasteiger partial charge in [-0.15, -0.1) is 5.10 Å². The summed E-state index contributed by atoms with van der Waals surface area (Å²) < 4.78 is 24.2. The Morgan fingerprint density at radius 2 is 2.08 bits per heavy atom. The minimum atomic E-state index is -2.82. The van der Waals surface area contributed by atoms with E-state index in [0.717, 1.165) is 38.0 Å². The third-order valence-corrected chi connectivity index (χ3v) is 6.64. The van der Waals surface area contributed by atoms with Crippen molar-refractivity contribution in [3.05, 3.63) is 22.1 Å². The average molecular weight is 386 g/mol. The molecule has 0 spiro atoms. The van der Waals surface area contributed by atoms with Crippen LogP contribution in [0.2, 0.25) is 0 Å². The van der Waals surface area contributed by atoms with Gasteiger partial charge in [0, 0.05) is 31.4 Å². The lowest BCUT2D eigenvalue weighted by molar-refractivity contribution is 0.295. The van der Waals surface area contributed by atoms with E-state index in [4.69, 9.17) is 0 Å². The highest BCUT2D eigenvalue weighted by Crippen LogP contribution is 2.17. The molecule has 10 heteroatoms. The minimum absolute atomic E-state index is 0.146. The first-order chi connectivity index (χ1) is 12.0. The second kappa shape index (κ2) is 7.79. The Kier molecular flexibility index (Phi) is 5.70. The van der Waals surface area contributed by atoms with Crippen molar-refractivity contribution in [1.29, 1.82) is 0 Å². The summed E-state index contributed by atoms with van der Waals surface area (Å²) in [5.41, 5.74) is 0.662. The van der Waals surface area contributed by atoms with Crippen LogP contribution in [-0.4, -0.2) is 65.6 Å². The molecule has 0 aliphatic carbocycles. The normalized spacial score (nSPS) is 17.8. The molecule has 8 nitrogen and oxygen atoms in total. The van der Waals surface area contributed by atoms with Gasteiger partial charge in [-0.3, -0.25) is 4.79 Å². The monoisotopic (exact) mass is 385 g/mol. The van der Waals surface area contributed by atoms with Crippen molar-refractivity contribution >= 4 is 31.3 Å². The van der Waals surface area contributed by atoms with E-state index in [1.54, 1.807) is 6.07 Å². The zero-order chi connectivity index (χ0) is 17.9. The number of nitrogens with one attached hydrogen (secondary N) is 1. The molecule has 1 saturated heterocycles. The number of hydrogen-bond donors (Lipinski definition) is 1. The van der Waals surface area contributed by atoms with Crippen molar-refractivity contribution in [2.75, 3.05) is 43.0 Å². The lowest BCUT2D eigenvalue weighted by Crippen LogP contribution is -2.41. The molecule has 2 aromatic rings. The Labute approximate surface area is 150 Å². The summed E-state index contributed by atoms with van der Waals surface area (Å²) in [5.74, 6) is 0.514. The first kappa shape index (κ1) is 18.3. The van der Waals surface area contributed by atoms with E-state index in [0.29, 0.717) is 23.2 Å². The zero-order valence-electron chi connectivity index (χ0n) is 14.3. The van der Waals surface area contributed by atoms with E-state index < -0.39 is 9.84 Å². The van der Waals surface area contributed by atoms with Gasteiger partial charge in [-0.1, -0.05) is 24.7 Å². The molecule has 0 aromatic carbocycles. The molecule has 3 rings (SSSR count). The van der Waals surface area contributed by atoms with Crippen LogP contribution in [0.4, 0.5) is 5.13 Å². The number of sulfone groups is 1. The van der Waals surface area contributed by atoms with Crippen LogP contribution < -0.4 is 10.9 Å². The van der Waals surface area contributed by atoms with Crippen LogP contribution in [0.15, 0.2) is 10.9 Å². The Morgan fingerprint density at radius 1 is 1.32 bits per heavy atom. The summed E-state index contributed by atoms with van der Waals surface area (Å²) in [6.07, 6.45) is 2.63. The highest BCUT2D eigenvalue weighted by Gasteiger charge is 2.20. The van der Waals surface area contributed by atoms with Gasteiger partial charge in [-0.25, -0.2) is 13.4 Å². The fraction of sp³-hybridized carbons (Fsp3) is 0.667. The van der Waals surface area contributed by atoms with Crippen LogP contribution in [0, 0.1) is 0 Å². The van der Waals surface area contributed by atoms with E-state index in [1.165, 1.54) is 15.9 Å². The number of anilines is 1. The topological polar surface area (TPSA) is 96.7 Å². The lowest BCUT2D eigenvalue weighted by atomic mass is 10.2. The molecule has 1 aliphatic rings. The van der Waals surface area contributed by atoms with Gasteiger partial charge in [0.15, 0.2) is 9.84 Å². The Morgan fingerprint density at radius 3 is 2.80 bits per heavy atom. The second-order valence-corrected chi connectivity index (χ2v) is 9.47. The van der Waals surface area contributed by atoms with Crippen LogP contribution in [0.5, 0.6) is 0 Å². The van der Waals surface area contributed by atoms with Gasteiger partial charge in [0.05, 0.1) is 11.5 Å². The third kappa shape index (κ3) is 4.77. The van der Waals surface area contributed by atoms with Crippen LogP contribution >= 0.6 is 11.3 Å². The molecular weight excluding hydrogens is 362 g/mol. The maximum Gasteiger partial charge on any atom is 0.275 e. The molecule has 0 atom stereocenters. The van der Waals surface area contributed by atoms with E-state index in [-0.39, 0.29) is 17.1 Å². The quantitative estimate of drug-likeness (QED) is 0.699. The average Bonchev–Trinajstić information content (AvgIpc) is 2.97. The molecule has 25 heavy (non-hydrogen) atoms. The maximum absolute atomic E-state index is 12.1. The molecule has 0 amide bonds. The van der Waals surface area contributed by atoms with E-state index in [9.17, 15) is 13.2 Å². The van der Waals surface area contributed by atoms with E-state index in [2.05, 4.69) is 27.2 Å². The molecule has 0 unspecified atom stereocenters. The van der Waals surface area contributed by atoms with E-state index in [1.807, 2.05) is 0 Å². The van der Waals surface area contributed by atoms with Gasteiger partial charge in [0.1, 0.15) is 0 Å². The fourth-order valence-corrected chi connectivity index (χ4v) is 4.91. The van der Waals surface area contributed by atoms with Crippen molar-refractivity contribution < 1.29 is 8.42 Å². The highest BCUT2D eigenvalue weighted by molar-refractivity contribution is 7.91. The summed E-state index contributed by atoms with van der Waals surface area (Å²) >= 11 is 1.37. The van der Waals surface area contributed by atoms with Crippen molar-refractivity contribution in [2.24, 2.45) is 0 Å². The molecule has 0 saturated carbocycles. The molecule has 0 bridgehead atoms. The van der Waals surface area contributed by atoms with Crippen molar-refractivity contribution in [3.63, 3.8) is 0 Å². The summed E-state index contributed by atoms with van der Waals surface area (Å²) in [5, 5.41) is 8.18. The summed E-state index contributed by atoms with van der Waals surface area (Å²) in [7, 11) is -2.82. The molecule has 2 aromatic heterocycles. The largest absolute Gasteiger partial charge is 0.360 e. The molecule has 1 aliphatic heterocycles. The van der Waals surface area contributed by atoms with Crippen LogP contribution in [0.25, 0.3) is 4.96 Å². The molecule has 0 radical (unpaired) electrons. The van der Waals surface area contributed by atoms with Gasteiger partial charge >= 0.3 is 0 Å². The van der Waals surface area contributed by atoms with E-state index >= 15 is 0 Å². The van der Waals surface area contributed by atoms with Crippen molar-refractivity contribution in [1.82, 2.24) is 19.5 Å². The Hall–Kier alpha value is -1.52. The number of hydrogen-bond acceptors (Lipinski definition) is 8.